The van der Waals surface area contributed by atoms with Gasteiger partial charge in [0, 0.05) is 31.9 Å². The first-order valence-corrected chi connectivity index (χ1v) is 8.32. The van der Waals surface area contributed by atoms with Gasteiger partial charge in [0.25, 0.3) is 0 Å². The van der Waals surface area contributed by atoms with Crippen molar-refractivity contribution >= 4 is 21.9 Å². The Morgan fingerprint density at radius 1 is 1.45 bits per heavy atom. The van der Waals surface area contributed by atoms with Crippen molar-refractivity contribution < 1.29 is 23.1 Å². The summed E-state index contributed by atoms with van der Waals surface area (Å²) >= 11 is 0. The van der Waals surface area contributed by atoms with Crippen molar-refractivity contribution in [1.29, 1.82) is 0 Å². The molecule has 1 fully saturated rings. The van der Waals surface area contributed by atoms with Crippen LogP contribution in [0.2, 0.25) is 0 Å². The third-order valence-electron chi connectivity index (χ3n) is 3.43. The van der Waals surface area contributed by atoms with Gasteiger partial charge in [0.15, 0.2) is 0 Å². The lowest BCUT2D eigenvalue weighted by Crippen LogP contribution is -2.41. The standard InChI is InChI=1S/C13H17N3O5S/c17-12(16-8-2-4-11(16)13(18)19)5-7-15-22(20,21)10-3-1-6-14-9-10/h1,3,6,9,11,15H,2,4-5,7-8H2,(H,18,19)/t11-/m1/s1. The Kier molecular flexibility index (Phi) is 5.09. The third-order valence-corrected chi connectivity index (χ3v) is 4.88. The number of nitrogens with zero attached hydrogens (tertiary/aromatic N) is 2. The van der Waals surface area contributed by atoms with Gasteiger partial charge in [0.05, 0.1) is 0 Å². The minimum Gasteiger partial charge on any atom is -0.480 e. The molecule has 0 saturated carbocycles. The molecule has 0 spiro atoms. The zero-order valence-corrected chi connectivity index (χ0v) is 12.6. The van der Waals surface area contributed by atoms with Crippen LogP contribution in [0.3, 0.4) is 0 Å². The molecule has 1 aromatic heterocycles. The Morgan fingerprint density at radius 3 is 2.86 bits per heavy atom. The second kappa shape index (κ2) is 6.84. The minimum absolute atomic E-state index is 0.0204. The van der Waals surface area contributed by atoms with Gasteiger partial charge in [-0.3, -0.25) is 9.78 Å². The number of pyridine rings is 1. The molecule has 1 aromatic rings. The highest BCUT2D eigenvalue weighted by Gasteiger charge is 2.33. The first-order valence-electron chi connectivity index (χ1n) is 6.84. The quantitative estimate of drug-likeness (QED) is 0.749. The number of hydrogen-bond acceptors (Lipinski definition) is 5. The highest BCUT2D eigenvalue weighted by molar-refractivity contribution is 7.89. The van der Waals surface area contributed by atoms with Crippen LogP contribution in [-0.2, 0) is 19.6 Å². The molecule has 1 aliphatic heterocycles. The van der Waals surface area contributed by atoms with Crippen LogP contribution in [0.15, 0.2) is 29.4 Å². The average molecular weight is 327 g/mol. The highest BCUT2D eigenvalue weighted by atomic mass is 32.2. The Labute approximate surface area is 128 Å². The van der Waals surface area contributed by atoms with Gasteiger partial charge in [-0.1, -0.05) is 0 Å². The Bertz CT molecular complexity index is 647. The van der Waals surface area contributed by atoms with Crippen LogP contribution in [0.25, 0.3) is 0 Å². The molecule has 0 unspecified atom stereocenters. The van der Waals surface area contributed by atoms with Gasteiger partial charge < -0.3 is 10.0 Å². The molecule has 22 heavy (non-hydrogen) atoms. The summed E-state index contributed by atoms with van der Waals surface area (Å²) in [5.74, 6) is -1.39. The van der Waals surface area contributed by atoms with Crippen molar-refractivity contribution in [2.75, 3.05) is 13.1 Å². The number of aliphatic carboxylic acids is 1. The molecule has 9 heteroatoms. The number of carboxylic acid groups (broad SMARTS) is 1. The number of nitrogens with one attached hydrogen (secondary N) is 1. The lowest BCUT2D eigenvalue weighted by Gasteiger charge is -2.21. The summed E-state index contributed by atoms with van der Waals surface area (Å²) < 4.78 is 26.2. The maximum atomic E-state index is 12.0. The molecule has 2 heterocycles. The summed E-state index contributed by atoms with van der Waals surface area (Å²) in [6, 6.07) is 2.10. The van der Waals surface area contributed by atoms with Gasteiger partial charge in [-0.25, -0.2) is 17.9 Å². The van der Waals surface area contributed by atoms with Crippen molar-refractivity contribution in [3.63, 3.8) is 0 Å². The third kappa shape index (κ3) is 3.80. The smallest absolute Gasteiger partial charge is 0.326 e. The molecule has 0 bridgehead atoms. The van der Waals surface area contributed by atoms with Crippen LogP contribution < -0.4 is 4.72 Å². The first kappa shape index (κ1) is 16.4. The number of hydrogen-bond donors (Lipinski definition) is 2. The Hall–Kier alpha value is -2.00. The fourth-order valence-electron chi connectivity index (χ4n) is 2.35. The molecule has 0 radical (unpaired) electrons. The summed E-state index contributed by atoms with van der Waals surface area (Å²) in [5, 5.41) is 9.02. The highest BCUT2D eigenvalue weighted by Crippen LogP contribution is 2.18. The van der Waals surface area contributed by atoms with E-state index < -0.39 is 22.0 Å². The molecule has 1 saturated heterocycles. The molecule has 1 atom stereocenters. The Balaban J connectivity index is 1.88. The predicted molar refractivity (Wildman–Crippen MR) is 76.4 cm³/mol. The summed E-state index contributed by atoms with van der Waals surface area (Å²) in [7, 11) is -3.71. The van der Waals surface area contributed by atoms with Crippen LogP contribution in [0.5, 0.6) is 0 Å². The van der Waals surface area contributed by atoms with Crippen molar-refractivity contribution in [2.45, 2.75) is 30.2 Å². The zero-order chi connectivity index (χ0) is 16.2. The summed E-state index contributed by atoms with van der Waals surface area (Å²) in [6.07, 6.45) is 3.67. The molecule has 120 valence electrons. The van der Waals surface area contributed by atoms with Crippen LogP contribution in [-0.4, -0.2) is 54.4 Å². The maximum Gasteiger partial charge on any atom is 0.326 e. The molecule has 1 amide bonds. The molecule has 0 aliphatic carbocycles. The number of sulfonamides is 1. The van der Waals surface area contributed by atoms with Gasteiger partial charge in [-0.15, -0.1) is 0 Å². The van der Waals surface area contributed by atoms with Crippen molar-refractivity contribution in [1.82, 2.24) is 14.6 Å². The molecule has 2 N–H and O–H groups in total. The van der Waals surface area contributed by atoms with E-state index in [2.05, 4.69) is 9.71 Å². The molecule has 1 aliphatic rings. The fraction of sp³-hybridized carbons (Fsp3) is 0.462. The number of carbonyl (C=O) groups is 2. The van der Waals surface area contributed by atoms with E-state index in [0.29, 0.717) is 19.4 Å². The van der Waals surface area contributed by atoms with E-state index in [1.165, 1.54) is 29.4 Å². The van der Waals surface area contributed by atoms with E-state index in [0.717, 1.165) is 0 Å². The van der Waals surface area contributed by atoms with Crippen molar-refractivity contribution in [2.24, 2.45) is 0 Å². The maximum absolute atomic E-state index is 12.0. The van der Waals surface area contributed by atoms with Crippen LogP contribution in [0, 0.1) is 0 Å². The van der Waals surface area contributed by atoms with Crippen LogP contribution in [0.4, 0.5) is 0 Å². The number of carboxylic acids is 1. The monoisotopic (exact) mass is 327 g/mol. The first-order chi connectivity index (χ1) is 10.4. The van der Waals surface area contributed by atoms with E-state index in [1.54, 1.807) is 0 Å². The Morgan fingerprint density at radius 2 is 2.23 bits per heavy atom. The van der Waals surface area contributed by atoms with E-state index in [9.17, 15) is 18.0 Å². The number of amides is 1. The van der Waals surface area contributed by atoms with Gasteiger partial charge >= 0.3 is 5.97 Å². The van der Waals surface area contributed by atoms with Crippen molar-refractivity contribution in [3.8, 4) is 0 Å². The molecule has 8 nitrogen and oxygen atoms in total. The second-order valence-corrected chi connectivity index (χ2v) is 6.69. The summed E-state index contributed by atoms with van der Waals surface area (Å²) in [6.45, 7) is 0.310. The number of likely N-dealkylation sites (tertiary alicyclic amines) is 1. The van der Waals surface area contributed by atoms with E-state index in [-0.39, 0.29) is 23.8 Å². The zero-order valence-electron chi connectivity index (χ0n) is 11.8. The lowest BCUT2D eigenvalue weighted by atomic mass is 10.2. The normalized spacial score (nSPS) is 18.4. The van der Waals surface area contributed by atoms with E-state index in [4.69, 9.17) is 5.11 Å². The van der Waals surface area contributed by atoms with Gasteiger partial charge in [-0.05, 0) is 25.0 Å². The topological polar surface area (TPSA) is 117 Å². The van der Waals surface area contributed by atoms with Gasteiger partial charge in [0.2, 0.25) is 15.9 Å². The molecular formula is C13H17N3O5S. The SMILES string of the molecule is O=C(O)[C@H]1CCCN1C(=O)CCNS(=O)(=O)c1cccnc1. The van der Waals surface area contributed by atoms with Crippen molar-refractivity contribution in [3.05, 3.63) is 24.5 Å². The predicted octanol–water partition coefficient (Wildman–Crippen LogP) is -0.174. The number of rotatable bonds is 6. The van der Waals surface area contributed by atoms with Gasteiger partial charge in [0.1, 0.15) is 10.9 Å². The number of aromatic nitrogens is 1. The van der Waals surface area contributed by atoms with Crippen LogP contribution in [0.1, 0.15) is 19.3 Å². The molecule has 2 rings (SSSR count). The van der Waals surface area contributed by atoms with E-state index >= 15 is 0 Å². The average Bonchev–Trinajstić information content (AvgIpc) is 2.97. The largest absolute Gasteiger partial charge is 0.480 e. The second-order valence-electron chi connectivity index (χ2n) is 4.92. The summed E-state index contributed by atoms with van der Waals surface area (Å²) in [5.41, 5.74) is 0. The molecule has 0 aromatic carbocycles. The van der Waals surface area contributed by atoms with E-state index in [1.807, 2.05) is 0 Å². The minimum atomic E-state index is -3.71. The number of carbonyl (C=O) groups excluding carboxylic acids is 1. The fourth-order valence-corrected chi connectivity index (χ4v) is 3.34. The summed E-state index contributed by atoms with van der Waals surface area (Å²) in [4.78, 5) is 28.1. The van der Waals surface area contributed by atoms with Gasteiger partial charge in [-0.2, -0.15) is 0 Å². The van der Waals surface area contributed by atoms with Crippen LogP contribution >= 0.6 is 0 Å². The lowest BCUT2D eigenvalue weighted by molar-refractivity contribution is -0.148. The molecular weight excluding hydrogens is 310 g/mol.